The highest BCUT2D eigenvalue weighted by Gasteiger charge is 2.36. The normalized spacial score (nSPS) is 13.1. The van der Waals surface area contributed by atoms with Crippen LogP contribution in [0.3, 0.4) is 0 Å². The van der Waals surface area contributed by atoms with Gasteiger partial charge in [-0.3, -0.25) is 0 Å². The van der Waals surface area contributed by atoms with Crippen molar-refractivity contribution in [2.45, 2.75) is 19.3 Å². The van der Waals surface area contributed by atoms with Gasteiger partial charge >= 0.3 is 0 Å². The topological polar surface area (TPSA) is 29.5 Å². The zero-order valence-electron chi connectivity index (χ0n) is 32.2. The second kappa shape index (κ2) is 12.3. The summed E-state index contributed by atoms with van der Waals surface area (Å²) in [7, 11) is 0. The molecule has 58 heavy (non-hydrogen) atoms. The third-order valence-corrected chi connectivity index (χ3v) is 12.5. The fourth-order valence-corrected chi connectivity index (χ4v) is 9.64. The molecule has 3 heteroatoms. The Morgan fingerprint density at radius 1 is 0.379 bits per heavy atom. The lowest BCUT2D eigenvalue weighted by Crippen LogP contribution is -2.16. The van der Waals surface area contributed by atoms with Crippen molar-refractivity contribution in [3.8, 4) is 33.4 Å². The van der Waals surface area contributed by atoms with Gasteiger partial charge in [-0.15, -0.1) is 0 Å². The number of fused-ring (bicyclic) bond motifs is 11. The van der Waals surface area contributed by atoms with Crippen molar-refractivity contribution in [2.75, 3.05) is 4.90 Å². The first kappa shape index (κ1) is 32.8. The van der Waals surface area contributed by atoms with E-state index in [0.717, 1.165) is 82.8 Å². The Morgan fingerprint density at radius 2 is 1.07 bits per heavy atom. The highest BCUT2D eigenvalue weighted by atomic mass is 16.3. The molecule has 11 aromatic rings. The molecule has 0 spiro atoms. The van der Waals surface area contributed by atoms with Gasteiger partial charge in [-0.1, -0.05) is 141 Å². The van der Waals surface area contributed by atoms with Crippen LogP contribution in [-0.2, 0) is 5.41 Å². The van der Waals surface area contributed by atoms with E-state index in [1.165, 1.54) is 33.4 Å². The van der Waals surface area contributed by atoms with Crippen molar-refractivity contribution in [1.29, 1.82) is 0 Å². The van der Waals surface area contributed by atoms with Crippen molar-refractivity contribution >= 4 is 71.7 Å². The average Bonchev–Trinajstić information content (AvgIpc) is 3.92. The van der Waals surface area contributed by atoms with Crippen molar-refractivity contribution < 1.29 is 8.83 Å². The van der Waals surface area contributed by atoms with E-state index in [4.69, 9.17) is 8.83 Å². The molecule has 0 N–H and O–H groups in total. The molecule has 3 nitrogen and oxygen atoms in total. The minimum atomic E-state index is -0.133. The summed E-state index contributed by atoms with van der Waals surface area (Å²) in [5.41, 5.74) is 16.7. The van der Waals surface area contributed by atoms with Crippen LogP contribution in [0.2, 0.25) is 0 Å². The molecule has 274 valence electrons. The van der Waals surface area contributed by atoms with E-state index in [1.54, 1.807) is 0 Å². The quantitative estimate of drug-likeness (QED) is 0.176. The molecule has 1 aliphatic rings. The van der Waals surface area contributed by atoms with E-state index >= 15 is 0 Å². The third-order valence-electron chi connectivity index (χ3n) is 12.5. The molecule has 2 aromatic heterocycles. The Balaban J connectivity index is 1.03. The molecule has 9 aromatic carbocycles. The molecule has 0 radical (unpaired) electrons. The van der Waals surface area contributed by atoms with Crippen LogP contribution in [0.4, 0.5) is 17.1 Å². The molecule has 0 fully saturated rings. The summed E-state index contributed by atoms with van der Waals surface area (Å²) in [5, 5.41) is 6.71. The molecule has 12 rings (SSSR count). The second-order valence-electron chi connectivity index (χ2n) is 16.1. The molecule has 0 saturated carbocycles. The maximum atomic E-state index is 6.68. The Kier molecular flexibility index (Phi) is 6.98. The molecule has 0 amide bonds. The lowest BCUT2D eigenvalue weighted by molar-refractivity contribution is 0.660. The minimum absolute atomic E-state index is 0.133. The number of furan rings is 2. The van der Waals surface area contributed by atoms with Gasteiger partial charge in [0, 0.05) is 38.3 Å². The van der Waals surface area contributed by atoms with Gasteiger partial charge in [0.05, 0.1) is 11.1 Å². The molecule has 0 aliphatic heterocycles. The Morgan fingerprint density at radius 3 is 1.93 bits per heavy atom. The van der Waals surface area contributed by atoms with Crippen LogP contribution in [0.15, 0.2) is 197 Å². The van der Waals surface area contributed by atoms with Gasteiger partial charge in [-0.2, -0.15) is 0 Å². The van der Waals surface area contributed by atoms with E-state index in [9.17, 15) is 0 Å². The van der Waals surface area contributed by atoms with Crippen LogP contribution in [0.25, 0.3) is 88.0 Å². The predicted octanol–water partition coefficient (Wildman–Crippen LogP) is 15.7. The SMILES string of the molecule is CC1(C)c2ccccc2-c2ccc(N(c3ccc(-c4cc5c6ccc(-c7ccccc7)cc6oc5c5ccccc45)cc3)c3cccc4oc5ccccc5c34)cc21. The van der Waals surface area contributed by atoms with E-state index in [2.05, 4.69) is 201 Å². The van der Waals surface area contributed by atoms with Crippen LogP contribution in [0.5, 0.6) is 0 Å². The van der Waals surface area contributed by atoms with Crippen LogP contribution >= 0.6 is 0 Å². The minimum Gasteiger partial charge on any atom is -0.456 e. The largest absolute Gasteiger partial charge is 0.456 e. The summed E-state index contributed by atoms with van der Waals surface area (Å²) >= 11 is 0. The molecule has 2 heterocycles. The van der Waals surface area contributed by atoms with Gasteiger partial charge in [0.25, 0.3) is 0 Å². The van der Waals surface area contributed by atoms with Gasteiger partial charge < -0.3 is 13.7 Å². The predicted molar refractivity (Wildman–Crippen MR) is 242 cm³/mol. The molecule has 0 saturated heterocycles. The molecule has 1 aliphatic carbocycles. The van der Waals surface area contributed by atoms with Gasteiger partial charge in [-0.25, -0.2) is 0 Å². The third kappa shape index (κ3) is 4.80. The molecule has 0 unspecified atom stereocenters. The van der Waals surface area contributed by atoms with Crippen molar-refractivity contribution in [1.82, 2.24) is 0 Å². The summed E-state index contributed by atoms with van der Waals surface area (Å²) in [6.07, 6.45) is 0. The summed E-state index contributed by atoms with van der Waals surface area (Å²) in [6, 6.07) is 67.7. The van der Waals surface area contributed by atoms with Crippen molar-refractivity contribution in [3.05, 3.63) is 199 Å². The second-order valence-corrected chi connectivity index (χ2v) is 16.1. The molecule has 0 atom stereocenters. The number of hydrogen-bond donors (Lipinski definition) is 0. The summed E-state index contributed by atoms with van der Waals surface area (Å²) < 4.78 is 13.1. The Labute approximate surface area is 336 Å². The fourth-order valence-electron chi connectivity index (χ4n) is 9.64. The highest BCUT2D eigenvalue weighted by molar-refractivity contribution is 6.19. The van der Waals surface area contributed by atoms with E-state index in [-0.39, 0.29) is 5.41 Å². The molecular weight excluding hydrogens is 707 g/mol. The fraction of sp³-hybridized carbons (Fsp3) is 0.0545. The van der Waals surface area contributed by atoms with Crippen molar-refractivity contribution in [2.24, 2.45) is 0 Å². The number of anilines is 3. The first-order valence-corrected chi connectivity index (χ1v) is 20.0. The highest BCUT2D eigenvalue weighted by Crippen LogP contribution is 2.52. The maximum absolute atomic E-state index is 6.68. The van der Waals surface area contributed by atoms with E-state index in [1.807, 2.05) is 6.07 Å². The van der Waals surface area contributed by atoms with Crippen LogP contribution in [0.1, 0.15) is 25.0 Å². The van der Waals surface area contributed by atoms with Gasteiger partial charge in [-0.05, 0) is 111 Å². The summed E-state index contributed by atoms with van der Waals surface area (Å²) in [5.74, 6) is 0. The van der Waals surface area contributed by atoms with Crippen LogP contribution in [-0.4, -0.2) is 0 Å². The zero-order chi connectivity index (χ0) is 38.5. The first-order valence-electron chi connectivity index (χ1n) is 20.0. The van der Waals surface area contributed by atoms with Gasteiger partial charge in [0.1, 0.15) is 22.3 Å². The van der Waals surface area contributed by atoms with E-state index < -0.39 is 0 Å². The van der Waals surface area contributed by atoms with Crippen LogP contribution in [0, 0.1) is 0 Å². The molecule has 0 bridgehead atoms. The monoisotopic (exact) mass is 743 g/mol. The first-order chi connectivity index (χ1) is 28.5. The summed E-state index contributed by atoms with van der Waals surface area (Å²) in [4.78, 5) is 2.41. The zero-order valence-corrected chi connectivity index (χ0v) is 32.2. The average molecular weight is 744 g/mol. The Hall–Kier alpha value is -7.36. The number of benzene rings is 9. The standard InChI is InChI=1S/C55H37NO2/c1-55(2)47-19-10-8-16-40(47)41-30-28-38(32-48(41)55)56(49-20-12-22-51-53(49)44-18-9-11-21-50(44)57-51)37-26-23-35(24-27-37)45-33-46-42-29-25-36(34-13-4-3-5-14-34)31-52(42)58-54(46)43-17-7-6-15-39(43)45/h3-33H,1-2H3. The molecular formula is C55H37NO2. The lowest BCUT2D eigenvalue weighted by Gasteiger charge is -2.29. The van der Waals surface area contributed by atoms with E-state index in [0.29, 0.717) is 0 Å². The smallest absolute Gasteiger partial charge is 0.143 e. The van der Waals surface area contributed by atoms with Crippen LogP contribution < -0.4 is 4.90 Å². The van der Waals surface area contributed by atoms with Gasteiger partial charge in [0.15, 0.2) is 0 Å². The lowest BCUT2D eigenvalue weighted by atomic mass is 9.82. The Bertz CT molecular complexity index is 3420. The number of rotatable bonds is 5. The van der Waals surface area contributed by atoms with Crippen molar-refractivity contribution in [3.63, 3.8) is 0 Å². The maximum Gasteiger partial charge on any atom is 0.143 e. The summed E-state index contributed by atoms with van der Waals surface area (Å²) in [6.45, 7) is 4.69. The number of nitrogens with zero attached hydrogens (tertiary/aromatic N) is 1. The number of hydrogen-bond acceptors (Lipinski definition) is 3. The van der Waals surface area contributed by atoms with Gasteiger partial charge in [0.2, 0.25) is 0 Å². The number of para-hydroxylation sites is 1.